The maximum Gasteiger partial charge on any atom is 0.458 e. The number of hydrogen-bond donors (Lipinski definition) is 0. The Bertz CT molecular complexity index is 799. The zero-order valence-corrected chi connectivity index (χ0v) is 13.0. The third kappa shape index (κ3) is 3.84. The van der Waals surface area contributed by atoms with Gasteiger partial charge in [0.15, 0.2) is 0 Å². The summed E-state index contributed by atoms with van der Waals surface area (Å²) in [5, 5.41) is -12.4. The molecule has 0 bridgehead atoms. The van der Waals surface area contributed by atoms with Gasteiger partial charge >= 0.3 is 32.8 Å². The SMILES string of the molecule is O=S(=O)(F)C(F)(F)C(F)(F)Sc1cc(F)c(C(F)(F)C(F)(F)F)cc1F. The lowest BCUT2D eigenvalue weighted by Crippen LogP contribution is -2.42. The van der Waals surface area contributed by atoms with Crippen LogP contribution in [-0.2, 0) is 16.1 Å². The van der Waals surface area contributed by atoms with E-state index in [2.05, 4.69) is 0 Å². The quantitative estimate of drug-likeness (QED) is 0.355. The molecule has 0 aliphatic carbocycles. The second-order valence-corrected chi connectivity index (χ2v) is 6.95. The van der Waals surface area contributed by atoms with Gasteiger partial charge in [-0.1, -0.05) is 3.89 Å². The number of alkyl halides is 9. The molecule has 0 unspecified atom stereocenters. The van der Waals surface area contributed by atoms with E-state index in [0.29, 0.717) is 0 Å². The van der Waals surface area contributed by atoms with E-state index in [1.165, 1.54) is 0 Å². The van der Waals surface area contributed by atoms with Crippen molar-refractivity contribution in [1.82, 2.24) is 0 Å². The average molecular weight is 446 g/mol. The molecule has 1 rings (SSSR count). The van der Waals surface area contributed by atoms with Gasteiger partial charge in [-0.05, 0) is 23.9 Å². The Balaban J connectivity index is 3.42. The Morgan fingerprint density at radius 1 is 0.808 bits per heavy atom. The van der Waals surface area contributed by atoms with Crippen LogP contribution in [0.25, 0.3) is 0 Å². The molecule has 0 amide bonds. The molecule has 0 N–H and O–H groups in total. The highest BCUT2D eigenvalue weighted by Gasteiger charge is 2.68. The minimum Gasteiger partial charge on any atom is -0.206 e. The van der Waals surface area contributed by atoms with Gasteiger partial charge in [0.05, 0.1) is 10.5 Å². The molecule has 150 valence electrons. The Morgan fingerprint density at radius 3 is 1.65 bits per heavy atom. The molecule has 0 saturated carbocycles. The van der Waals surface area contributed by atoms with Crippen LogP contribution < -0.4 is 0 Å². The Hall–Kier alpha value is -1.32. The monoisotopic (exact) mass is 446 g/mol. The van der Waals surface area contributed by atoms with Gasteiger partial charge in [0, 0.05) is 0 Å². The van der Waals surface area contributed by atoms with E-state index in [1.54, 1.807) is 0 Å². The predicted octanol–water partition coefficient (Wildman–Crippen LogP) is 5.20. The summed E-state index contributed by atoms with van der Waals surface area (Å²) in [5.41, 5.74) is -2.64. The number of hydrogen-bond acceptors (Lipinski definition) is 3. The molecule has 1 aromatic rings. The maximum atomic E-state index is 13.5. The third-order valence-electron chi connectivity index (χ3n) is 2.60. The number of benzene rings is 1. The van der Waals surface area contributed by atoms with E-state index in [1.807, 2.05) is 0 Å². The van der Waals surface area contributed by atoms with Crippen LogP contribution >= 0.6 is 11.8 Å². The first-order chi connectivity index (χ1) is 11.3. The largest absolute Gasteiger partial charge is 0.458 e. The fourth-order valence-electron chi connectivity index (χ4n) is 1.34. The van der Waals surface area contributed by atoms with Crippen LogP contribution in [0.15, 0.2) is 17.0 Å². The summed E-state index contributed by atoms with van der Waals surface area (Å²) in [5.74, 6) is -11.0. The normalized spacial score (nSPS) is 14.6. The van der Waals surface area contributed by atoms with Crippen LogP contribution in [0.1, 0.15) is 5.56 Å². The lowest BCUT2D eigenvalue weighted by Gasteiger charge is -2.23. The Kier molecular flexibility index (Phi) is 5.58. The van der Waals surface area contributed by atoms with Crippen molar-refractivity contribution in [2.75, 3.05) is 0 Å². The smallest absolute Gasteiger partial charge is 0.206 e. The van der Waals surface area contributed by atoms with E-state index in [4.69, 9.17) is 0 Å². The molecule has 0 spiro atoms. The van der Waals surface area contributed by atoms with Crippen molar-refractivity contribution in [3.05, 3.63) is 29.3 Å². The van der Waals surface area contributed by atoms with Gasteiger partial charge in [0.25, 0.3) is 0 Å². The predicted molar refractivity (Wildman–Crippen MR) is 62.1 cm³/mol. The molecule has 0 fully saturated rings. The summed E-state index contributed by atoms with van der Waals surface area (Å²) < 4.78 is 174. The minimum atomic E-state index is -7.24. The molecule has 0 aliphatic rings. The first-order valence-electron chi connectivity index (χ1n) is 5.58. The van der Waals surface area contributed by atoms with Gasteiger partial charge in [0.2, 0.25) is 0 Å². The lowest BCUT2D eigenvalue weighted by atomic mass is 10.1. The van der Waals surface area contributed by atoms with Crippen molar-refractivity contribution >= 4 is 22.0 Å². The molecule has 16 heteroatoms. The van der Waals surface area contributed by atoms with Gasteiger partial charge in [0.1, 0.15) is 11.6 Å². The molecule has 0 heterocycles. The Morgan fingerprint density at radius 2 is 1.27 bits per heavy atom. The molecule has 0 aliphatic heterocycles. The highest BCUT2D eigenvalue weighted by Crippen LogP contribution is 2.51. The zero-order valence-electron chi connectivity index (χ0n) is 11.3. The Labute approximate surface area is 140 Å². The fourth-order valence-corrected chi connectivity index (χ4v) is 2.76. The minimum absolute atomic E-state index is 0.718. The van der Waals surface area contributed by atoms with E-state index >= 15 is 0 Å². The van der Waals surface area contributed by atoms with Crippen molar-refractivity contribution in [1.29, 1.82) is 0 Å². The molecule has 1 aromatic carbocycles. The molecule has 26 heavy (non-hydrogen) atoms. The van der Waals surface area contributed by atoms with Crippen LogP contribution in [0, 0.1) is 11.6 Å². The summed E-state index contributed by atoms with van der Waals surface area (Å²) in [4.78, 5) is -1.97. The van der Waals surface area contributed by atoms with E-state index < -0.39 is 78.8 Å². The van der Waals surface area contributed by atoms with Gasteiger partial charge in [-0.15, -0.1) is 0 Å². The van der Waals surface area contributed by atoms with Crippen molar-refractivity contribution in [2.45, 2.75) is 27.5 Å². The van der Waals surface area contributed by atoms with Gasteiger partial charge in [-0.2, -0.15) is 47.9 Å². The van der Waals surface area contributed by atoms with Gasteiger partial charge in [-0.3, -0.25) is 0 Å². The van der Waals surface area contributed by atoms with Crippen molar-refractivity contribution in [3.8, 4) is 0 Å². The van der Waals surface area contributed by atoms with Gasteiger partial charge < -0.3 is 0 Å². The van der Waals surface area contributed by atoms with Gasteiger partial charge in [-0.25, -0.2) is 8.78 Å². The van der Waals surface area contributed by atoms with Crippen LogP contribution in [0.5, 0.6) is 0 Å². The second-order valence-electron chi connectivity index (χ2n) is 4.41. The third-order valence-corrected chi connectivity index (χ3v) is 4.64. The van der Waals surface area contributed by atoms with E-state index in [9.17, 15) is 60.6 Å². The van der Waals surface area contributed by atoms with Crippen LogP contribution in [-0.4, -0.2) is 25.1 Å². The summed E-state index contributed by atoms with van der Waals surface area (Å²) in [6.45, 7) is 0. The zero-order chi connectivity index (χ0) is 20.9. The molecule has 2 nitrogen and oxygen atoms in total. The fraction of sp³-hybridized carbons (Fsp3) is 0.400. The maximum absolute atomic E-state index is 13.5. The molecule has 0 atom stereocenters. The molecule has 0 aromatic heterocycles. The van der Waals surface area contributed by atoms with Crippen LogP contribution in [0.3, 0.4) is 0 Å². The standard InChI is InChI=1S/C10H2F12O2S2/c11-4-2-6(25-9(18,19)10(20,21)26(22,23)24)5(12)1-3(4)7(13,14)8(15,16)17/h1-2H. The molecule has 0 radical (unpaired) electrons. The molecular weight excluding hydrogens is 444 g/mol. The van der Waals surface area contributed by atoms with E-state index in [0.717, 1.165) is 0 Å². The second kappa shape index (κ2) is 6.38. The summed E-state index contributed by atoms with van der Waals surface area (Å²) in [7, 11) is -7.24. The summed E-state index contributed by atoms with van der Waals surface area (Å²) >= 11 is -1.80. The van der Waals surface area contributed by atoms with Crippen LogP contribution in [0.4, 0.5) is 52.2 Å². The number of halogens is 12. The lowest BCUT2D eigenvalue weighted by molar-refractivity contribution is -0.290. The van der Waals surface area contributed by atoms with Crippen LogP contribution in [0.2, 0.25) is 0 Å². The first kappa shape index (κ1) is 22.7. The number of rotatable bonds is 5. The average Bonchev–Trinajstić information content (AvgIpc) is 2.39. The number of thioether (sulfide) groups is 1. The highest BCUT2D eigenvalue weighted by molar-refractivity contribution is 8.01. The molecular formula is C10H2F12O2S2. The van der Waals surface area contributed by atoms with Crippen molar-refractivity contribution in [2.24, 2.45) is 0 Å². The summed E-state index contributed by atoms with van der Waals surface area (Å²) in [6, 6.07) is -1.60. The van der Waals surface area contributed by atoms with E-state index in [-0.39, 0.29) is 0 Å². The van der Waals surface area contributed by atoms with Crippen molar-refractivity contribution in [3.63, 3.8) is 0 Å². The first-order valence-corrected chi connectivity index (χ1v) is 7.78. The van der Waals surface area contributed by atoms with Crippen molar-refractivity contribution < 1.29 is 60.6 Å². The summed E-state index contributed by atoms with van der Waals surface area (Å²) in [6.07, 6.45) is -6.41. The topological polar surface area (TPSA) is 34.1 Å². The highest BCUT2D eigenvalue weighted by atomic mass is 32.3. The molecule has 0 saturated heterocycles.